The van der Waals surface area contributed by atoms with Crippen LogP contribution in [-0.4, -0.2) is 40.4 Å². The van der Waals surface area contributed by atoms with Gasteiger partial charge in [-0.3, -0.25) is 19.6 Å². The van der Waals surface area contributed by atoms with Gasteiger partial charge >= 0.3 is 0 Å². The molecule has 128 valence electrons. The summed E-state index contributed by atoms with van der Waals surface area (Å²) < 4.78 is 0. The van der Waals surface area contributed by atoms with Gasteiger partial charge in [-0.15, -0.1) is 11.3 Å². The summed E-state index contributed by atoms with van der Waals surface area (Å²) in [5.74, 6) is 0.529. The Bertz CT molecular complexity index is 838. The third kappa shape index (κ3) is 3.10. The van der Waals surface area contributed by atoms with E-state index in [1.807, 2.05) is 17.5 Å². The Kier molecular flexibility index (Phi) is 4.14. The molecule has 2 fully saturated rings. The molecule has 1 aliphatic carbocycles. The zero-order valence-electron chi connectivity index (χ0n) is 14.1. The quantitative estimate of drug-likeness (QED) is 0.790. The van der Waals surface area contributed by atoms with Gasteiger partial charge in [-0.25, -0.2) is 4.98 Å². The average molecular weight is 353 g/mol. The van der Waals surface area contributed by atoms with Gasteiger partial charge in [0, 0.05) is 30.6 Å². The molecule has 6 nitrogen and oxygen atoms in total. The van der Waals surface area contributed by atoms with Crippen LogP contribution in [0.3, 0.4) is 0 Å². The second kappa shape index (κ2) is 6.45. The number of hydrogen-bond donors (Lipinski definition) is 0. The highest BCUT2D eigenvalue weighted by molar-refractivity contribution is 7.14. The number of amides is 1. The van der Waals surface area contributed by atoms with E-state index in [2.05, 4.69) is 17.2 Å². The Morgan fingerprint density at radius 1 is 1.32 bits per heavy atom. The van der Waals surface area contributed by atoms with Gasteiger partial charge in [0.05, 0.1) is 5.69 Å². The number of pyridine rings is 1. The SMILES string of the molecule is CN(C(=O)[C@@H]1CCCN1C#N)c1nc(-c2cccc(C3CC3)n2)cs1. The van der Waals surface area contributed by atoms with Crippen molar-refractivity contribution in [1.29, 1.82) is 5.26 Å². The van der Waals surface area contributed by atoms with E-state index in [0.717, 1.165) is 29.9 Å². The fourth-order valence-electron chi connectivity index (χ4n) is 3.20. The maximum Gasteiger partial charge on any atom is 0.251 e. The predicted octanol–water partition coefficient (Wildman–Crippen LogP) is 2.99. The lowest BCUT2D eigenvalue weighted by Gasteiger charge is -2.22. The van der Waals surface area contributed by atoms with Crippen LogP contribution in [0, 0.1) is 11.5 Å². The van der Waals surface area contributed by atoms with E-state index in [1.165, 1.54) is 24.2 Å². The van der Waals surface area contributed by atoms with Crippen molar-refractivity contribution in [3.63, 3.8) is 0 Å². The Labute approximate surface area is 150 Å². The maximum absolute atomic E-state index is 12.7. The minimum atomic E-state index is -0.362. The first kappa shape index (κ1) is 16.0. The van der Waals surface area contributed by atoms with E-state index in [0.29, 0.717) is 17.6 Å². The zero-order chi connectivity index (χ0) is 17.4. The summed E-state index contributed by atoms with van der Waals surface area (Å²) in [6, 6.07) is 5.69. The molecular formula is C18H19N5OS. The van der Waals surface area contributed by atoms with Crippen LogP contribution in [-0.2, 0) is 4.79 Å². The molecule has 0 radical (unpaired) electrons. The van der Waals surface area contributed by atoms with E-state index < -0.39 is 0 Å². The minimum Gasteiger partial charge on any atom is -0.298 e. The van der Waals surface area contributed by atoms with Crippen molar-refractivity contribution in [2.24, 2.45) is 0 Å². The smallest absolute Gasteiger partial charge is 0.251 e. The Hall–Kier alpha value is -2.46. The normalized spacial score (nSPS) is 19.7. The molecule has 1 saturated carbocycles. The molecule has 0 N–H and O–H groups in total. The number of carbonyl (C=O) groups excluding carboxylic acids is 1. The molecule has 1 saturated heterocycles. The van der Waals surface area contributed by atoms with Crippen LogP contribution >= 0.6 is 11.3 Å². The van der Waals surface area contributed by atoms with Gasteiger partial charge in [-0.05, 0) is 37.8 Å². The summed E-state index contributed by atoms with van der Waals surface area (Å²) in [6.45, 7) is 0.655. The summed E-state index contributed by atoms with van der Waals surface area (Å²) in [5.41, 5.74) is 2.78. The number of likely N-dealkylation sites (tertiary alicyclic amines) is 1. The highest BCUT2D eigenvalue weighted by Gasteiger charge is 2.33. The van der Waals surface area contributed by atoms with E-state index in [9.17, 15) is 4.79 Å². The zero-order valence-corrected chi connectivity index (χ0v) is 14.9. The van der Waals surface area contributed by atoms with E-state index in [-0.39, 0.29) is 11.9 Å². The van der Waals surface area contributed by atoms with Gasteiger partial charge in [0.1, 0.15) is 11.7 Å². The third-order valence-corrected chi connectivity index (χ3v) is 5.72. The standard InChI is InChI=1S/C18H19N5OS/c1-22(17(24)16-6-3-9-23(16)11-19)18-21-15(10-25-18)14-5-2-4-13(20-14)12-7-8-12/h2,4-5,10,12,16H,3,6-9H2,1H3/t16-/m0/s1. The number of hydrogen-bond acceptors (Lipinski definition) is 6. The van der Waals surface area contributed by atoms with Gasteiger partial charge in [0.2, 0.25) is 0 Å². The molecule has 3 heterocycles. The molecule has 7 heteroatoms. The monoisotopic (exact) mass is 353 g/mol. The lowest BCUT2D eigenvalue weighted by Crippen LogP contribution is -2.42. The average Bonchev–Trinajstić information content (AvgIpc) is 3.19. The number of carbonyl (C=O) groups is 1. The largest absolute Gasteiger partial charge is 0.298 e. The van der Waals surface area contributed by atoms with E-state index in [4.69, 9.17) is 10.2 Å². The molecule has 0 aromatic carbocycles. The second-order valence-corrected chi connectivity index (χ2v) is 7.42. The molecule has 0 spiro atoms. The Balaban J connectivity index is 1.53. The molecule has 2 aromatic heterocycles. The number of nitrogens with zero attached hydrogens (tertiary/aromatic N) is 5. The summed E-state index contributed by atoms with van der Waals surface area (Å²) in [7, 11) is 1.73. The summed E-state index contributed by atoms with van der Waals surface area (Å²) in [6.07, 6.45) is 6.14. The highest BCUT2D eigenvalue weighted by Crippen LogP contribution is 2.39. The van der Waals surface area contributed by atoms with Crippen LogP contribution in [0.1, 0.15) is 37.3 Å². The predicted molar refractivity (Wildman–Crippen MR) is 96.1 cm³/mol. The highest BCUT2D eigenvalue weighted by atomic mass is 32.1. The number of thiazole rings is 1. The molecule has 1 aliphatic heterocycles. The Morgan fingerprint density at radius 3 is 2.92 bits per heavy atom. The van der Waals surface area contributed by atoms with Crippen LogP contribution < -0.4 is 4.90 Å². The van der Waals surface area contributed by atoms with Crippen molar-refractivity contribution in [1.82, 2.24) is 14.9 Å². The van der Waals surface area contributed by atoms with Crippen molar-refractivity contribution >= 4 is 22.4 Å². The van der Waals surface area contributed by atoms with Crippen molar-refractivity contribution in [3.8, 4) is 17.6 Å². The number of nitriles is 1. The van der Waals surface area contributed by atoms with Gasteiger partial charge in [0.15, 0.2) is 11.3 Å². The van der Waals surface area contributed by atoms with Gasteiger partial charge in [0.25, 0.3) is 5.91 Å². The summed E-state index contributed by atoms with van der Waals surface area (Å²) in [4.78, 5) is 25.1. The fraction of sp³-hybridized carbons (Fsp3) is 0.444. The van der Waals surface area contributed by atoms with E-state index >= 15 is 0 Å². The van der Waals surface area contributed by atoms with Gasteiger partial charge in [-0.2, -0.15) is 5.26 Å². The molecule has 2 aromatic rings. The first-order valence-electron chi connectivity index (χ1n) is 8.54. The Morgan fingerprint density at radius 2 is 2.16 bits per heavy atom. The van der Waals surface area contributed by atoms with Crippen molar-refractivity contribution in [3.05, 3.63) is 29.3 Å². The van der Waals surface area contributed by atoms with Crippen LogP contribution in [0.15, 0.2) is 23.6 Å². The molecule has 25 heavy (non-hydrogen) atoms. The topological polar surface area (TPSA) is 73.1 Å². The number of aromatic nitrogens is 2. The minimum absolute atomic E-state index is 0.0698. The molecule has 0 bridgehead atoms. The fourth-order valence-corrected chi connectivity index (χ4v) is 3.99. The first-order valence-corrected chi connectivity index (χ1v) is 9.42. The van der Waals surface area contributed by atoms with Crippen molar-refractivity contribution in [2.75, 3.05) is 18.5 Å². The lowest BCUT2D eigenvalue weighted by molar-refractivity contribution is -0.121. The lowest BCUT2D eigenvalue weighted by atomic mass is 10.2. The van der Waals surface area contributed by atoms with Crippen LogP contribution in [0.2, 0.25) is 0 Å². The first-order chi connectivity index (χ1) is 12.2. The van der Waals surface area contributed by atoms with Crippen LogP contribution in [0.5, 0.6) is 0 Å². The molecule has 4 rings (SSSR count). The van der Waals surface area contributed by atoms with Gasteiger partial charge in [-0.1, -0.05) is 6.07 Å². The molecular weight excluding hydrogens is 334 g/mol. The molecule has 0 unspecified atom stereocenters. The number of likely N-dealkylation sites (N-methyl/N-ethyl adjacent to an activating group) is 1. The number of rotatable bonds is 4. The van der Waals surface area contributed by atoms with E-state index in [1.54, 1.807) is 16.8 Å². The maximum atomic E-state index is 12.7. The van der Waals surface area contributed by atoms with Crippen molar-refractivity contribution < 1.29 is 4.79 Å². The molecule has 1 amide bonds. The molecule has 1 atom stereocenters. The van der Waals surface area contributed by atoms with Crippen molar-refractivity contribution in [2.45, 2.75) is 37.6 Å². The summed E-state index contributed by atoms with van der Waals surface area (Å²) >= 11 is 1.43. The second-order valence-electron chi connectivity index (χ2n) is 6.59. The van der Waals surface area contributed by atoms with Gasteiger partial charge < -0.3 is 0 Å². The number of anilines is 1. The molecule has 2 aliphatic rings. The summed E-state index contributed by atoms with van der Waals surface area (Å²) in [5, 5.41) is 11.7. The van der Waals surface area contributed by atoms with Crippen LogP contribution in [0.4, 0.5) is 5.13 Å². The third-order valence-electron chi connectivity index (χ3n) is 4.80. The van der Waals surface area contributed by atoms with Crippen LogP contribution in [0.25, 0.3) is 11.4 Å².